The van der Waals surface area contributed by atoms with Crippen LogP contribution >= 0.6 is 11.3 Å². The molecule has 98 valence electrons. The molecule has 0 fully saturated rings. The summed E-state index contributed by atoms with van der Waals surface area (Å²) in [6, 6.07) is 8.68. The van der Waals surface area contributed by atoms with Crippen molar-refractivity contribution in [2.75, 3.05) is 5.32 Å². The maximum Gasteiger partial charge on any atom is 0.0901 e. The molecule has 0 aliphatic rings. The number of hydrogen-bond acceptors (Lipinski definition) is 3. The molecule has 1 aromatic carbocycles. The molecular weight excluding hydrogens is 254 g/mol. The van der Waals surface area contributed by atoms with Gasteiger partial charge in [-0.2, -0.15) is 0 Å². The molecule has 0 spiro atoms. The third-order valence-electron chi connectivity index (χ3n) is 3.29. The minimum atomic E-state index is 0.223. The molecule has 0 saturated heterocycles. The highest BCUT2D eigenvalue weighted by atomic mass is 32.1. The van der Waals surface area contributed by atoms with E-state index in [4.69, 9.17) is 0 Å². The number of aromatic nitrogens is 2. The topological polar surface area (TPSA) is 40.7 Å². The van der Waals surface area contributed by atoms with Crippen molar-refractivity contribution in [3.05, 3.63) is 46.0 Å². The number of nitrogens with zero attached hydrogens (tertiary/aromatic N) is 1. The fourth-order valence-electron chi connectivity index (χ4n) is 2.41. The molecule has 2 N–H and O–H groups in total. The van der Waals surface area contributed by atoms with E-state index >= 15 is 0 Å². The van der Waals surface area contributed by atoms with Gasteiger partial charge in [0.15, 0.2) is 0 Å². The van der Waals surface area contributed by atoms with Crippen molar-refractivity contribution < 1.29 is 0 Å². The third kappa shape index (κ3) is 2.36. The second-order valence-corrected chi connectivity index (χ2v) is 6.23. The Bertz CT molecular complexity index is 711. The average molecular weight is 271 g/mol. The van der Waals surface area contributed by atoms with E-state index in [-0.39, 0.29) is 6.04 Å². The van der Waals surface area contributed by atoms with Gasteiger partial charge in [0.2, 0.25) is 0 Å². The molecule has 0 aliphatic carbocycles. The predicted octanol–water partition coefficient (Wildman–Crippen LogP) is 4.41. The number of hydrogen-bond donors (Lipinski definition) is 2. The van der Waals surface area contributed by atoms with Gasteiger partial charge in [-0.15, -0.1) is 11.3 Å². The van der Waals surface area contributed by atoms with Crippen LogP contribution in [0, 0.1) is 13.8 Å². The van der Waals surface area contributed by atoms with Gasteiger partial charge in [0.25, 0.3) is 0 Å². The average Bonchev–Trinajstić information content (AvgIpc) is 2.94. The highest BCUT2D eigenvalue weighted by Gasteiger charge is 2.13. The molecule has 2 aromatic heterocycles. The fraction of sp³-hybridized carbons (Fsp3) is 0.267. The largest absolute Gasteiger partial charge is 0.377 e. The van der Waals surface area contributed by atoms with E-state index in [1.807, 2.05) is 6.20 Å². The van der Waals surface area contributed by atoms with Gasteiger partial charge in [0.1, 0.15) is 0 Å². The van der Waals surface area contributed by atoms with Crippen LogP contribution in [-0.4, -0.2) is 9.97 Å². The van der Waals surface area contributed by atoms with Gasteiger partial charge in [-0.25, -0.2) is 4.98 Å². The lowest BCUT2D eigenvalue weighted by Crippen LogP contribution is -2.08. The Balaban J connectivity index is 1.85. The van der Waals surface area contributed by atoms with Crippen molar-refractivity contribution in [3.8, 4) is 0 Å². The van der Waals surface area contributed by atoms with Gasteiger partial charge in [-0.1, -0.05) is 0 Å². The van der Waals surface area contributed by atoms with Crippen molar-refractivity contribution in [1.29, 1.82) is 0 Å². The molecule has 0 saturated carbocycles. The first-order valence-electron chi connectivity index (χ1n) is 6.41. The highest BCUT2D eigenvalue weighted by Crippen LogP contribution is 2.26. The van der Waals surface area contributed by atoms with Crippen LogP contribution in [0.3, 0.4) is 0 Å². The monoisotopic (exact) mass is 271 g/mol. The van der Waals surface area contributed by atoms with E-state index in [0.717, 1.165) is 16.4 Å². The molecule has 0 radical (unpaired) electrons. The van der Waals surface area contributed by atoms with E-state index in [1.54, 1.807) is 11.3 Å². The van der Waals surface area contributed by atoms with Gasteiger partial charge < -0.3 is 10.3 Å². The lowest BCUT2D eigenvalue weighted by molar-refractivity contribution is 0.837. The smallest absolute Gasteiger partial charge is 0.0901 e. The lowest BCUT2D eigenvalue weighted by atomic mass is 10.2. The number of benzene rings is 1. The number of nitrogens with one attached hydrogen (secondary N) is 2. The Hall–Kier alpha value is -1.81. The second-order valence-electron chi connectivity index (χ2n) is 4.82. The van der Waals surface area contributed by atoms with Crippen molar-refractivity contribution in [3.63, 3.8) is 0 Å². The molecule has 0 aliphatic heterocycles. The zero-order chi connectivity index (χ0) is 13.4. The number of thiazole rings is 1. The van der Waals surface area contributed by atoms with E-state index in [0.29, 0.717) is 0 Å². The van der Waals surface area contributed by atoms with E-state index in [9.17, 15) is 0 Å². The second kappa shape index (κ2) is 4.70. The number of anilines is 1. The summed E-state index contributed by atoms with van der Waals surface area (Å²) in [5, 5.41) is 5.88. The molecule has 3 nitrogen and oxygen atoms in total. The molecule has 3 rings (SSSR count). The molecule has 3 aromatic rings. The van der Waals surface area contributed by atoms with Gasteiger partial charge in [0, 0.05) is 27.7 Å². The predicted molar refractivity (Wildman–Crippen MR) is 81.9 cm³/mol. The summed E-state index contributed by atoms with van der Waals surface area (Å²) in [5.74, 6) is 0. The molecule has 2 heterocycles. The van der Waals surface area contributed by atoms with Crippen LogP contribution < -0.4 is 5.32 Å². The molecule has 0 amide bonds. The number of fused-ring (bicyclic) bond motifs is 1. The summed E-state index contributed by atoms with van der Waals surface area (Å²) in [6.45, 7) is 6.34. The van der Waals surface area contributed by atoms with E-state index in [1.165, 1.54) is 15.8 Å². The Kier molecular flexibility index (Phi) is 3.03. The van der Waals surface area contributed by atoms with Gasteiger partial charge >= 0.3 is 0 Å². The number of aromatic amines is 1. The first-order chi connectivity index (χ1) is 9.13. The number of H-pyrrole nitrogens is 1. The SMILES string of the molecule is Cc1nc(C(C)Nc2ccc3[nH]ccc3c2)c(C)s1. The normalized spacial score (nSPS) is 12.8. The third-order valence-corrected chi connectivity index (χ3v) is 4.19. The highest BCUT2D eigenvalue weighted by molar-refractivity contribution is 7.11. The molecule has 19 heavy (non-hydrogen) atoms. The first kappa shape index (κ1) is 12.2. The van der Waals surface area contributed by atoms with Crippen LogP contribution in [0.25, 0.3) is 10.9 Å². The van der Waals surface area contributed by atoms with Gasteiger partial charge in [-0.05, 0) is 45.0 Å². The van der Waals surface area contributed by atoms with Crippen LogP contribution in [-0.2, 0) is 0 Å². The quantitative estimate of drug-likeness (QED) is 0.740. The van der Waals surface area contributed by atoms with Gasteiger partial charge in [-0.3, -0.25) is 0 Å². The Morgan fingerprint density at radius 1 is 1.26 bits per heavy atom. The van der Waals surface area contributed by atoms with Crippen LogP contribution in [0.5, 0.6) is 0 Å². The lowest BCUT2D eigenvalue weighted by Gasteiger charge is -2.14. The Labute approximate surface area is 116 Å². The maximum atomic E-state index is 4.61. The Morgan fingerprint density at radius 3 is 2.84 bits per heavy atom. The zero-order valence-corrected chi connectivity index (χ0v) is 12.1. The van der Waals surface area contributed by atoms with E-state index < -0.39 is 0 Å². The molecule has 1 unspecified atom stereocenters. The van der Waals surface area contributed by atoms with Gasteiger partial charge in [0.05, 0.1) is 16.7 Å². The van der Waals surface area contributed by atoms with Crippen molar-refractivity contribution in [1.82, 2.24) is 9.97 Å². The minimum absolute atomic E-state index is 0.223. The molecular formula is C15H17N3S. The number of rotatable bonds is 3. The summed E-state index contributed by atoms with van der Waals surface area (Å²) in [4.78, 5) is 9.11. The standard InChI is InChI=1S/C15H17N3S/c1-9(15-10(2)19-11(3)18-15)17-13-4-5-14-12(8-13)6-7-16-14/h4-9,16-17H,1-3H3. The maximum absolute atomic E-state index is 4.61. The summed E-state index contributed by atoms with van der Waals surface area (Å²) >= 11 is 1.76. The van der Waals surface area contributed by atoms with Crippen LogP contribution in [0.2, 0.25) is 0 Å². The molecule has 4 heteroatoms. The first-order valence-corrected chi connectivity index (χ1v) is 7.23. The van der Waals surface area contributed by atoms with Crippen LogP contribution in [0.1, 0.15) is 28.5 Å². The van der Waals surface area contributed by atoms with Crippen molar-refractivity contribution in [2.24, 2.45) is 0 Å². The summed E-state index contributed by atoms with van der Waals surface area (Å²) in [5.41, 5.74) is 3.44. The summed E-state index contributed by atoms with van der Waals surface area (Å²) in [6.07, 6.45) is 1.96. The summed E-state index contributed by atoms with van der Waals surface area (Å²) in [7, 11) is 0. The van der Waals surface area contributed by atoms with Crippen LogP contribution in [0.4, 0.5) is 5.69 Å². The molecule has 0 bridgehead atoms. The fourth-order valence-corrected chi connectivity index (χ4v) is 3.32. The van der Waals surface area contributed by atoms with Crippen molar-refractivity contribution in [2.45, 2.75) is 26.8 Å². The zero-order valence-electron chi connectivity index (χ0n) is 11.3. The van der Waals surface area contributed by atoms with Crippen LogP contribution in [0.15, 0.2) is 30.5 Å². The molecule has 1 atom stereocenters. The van der Waals surface area contributed by atoms with E-state index in [2.05, 4.69) is 60.3 Å². The minimum Gasteiger partial charge on any atom is -0.377 e. The van der Waals surface area contributed by atoms with Crippen molar-refractivity contribution >= 4 is 27.9 Å². The summed E-state index contributed by atoms with van der Waals surface area (Å²) < 4.78 is 0. The number of aryl methyl sites for hydroxylation is 2. The Morgan fingerprint density at radius 2 is 2.11 bits per heavy atom.